The molecule has 0 fully saturated rings. The van der Waals surface area contributed by atoms with Crippen LogP contribution in [0.3, 0.4) is 0 Å². The molecule has 12 heavy (non-hydrogen) atoms. The molecule has 0 unspecified atom stereocenters. The van der Waals surface area contributed by atoms with Gasteiger partial charge in [-0.3, -0.25) is 4.98 Å². The van der Waals surface area contributed by atoms with Gasteiger partial charge < -0.3 is 0 Å². The van der Waals surface area contributed by atoms with Gasteiger partial charge in [0, 0.05) is 0 Å². The van der Waals surface area contributed by atoms with Gasteiger partial charge in [0.1, 0.15) is 11.4 Å². The number of hydrogen-bond acceptors (Lipinski definition) is 2. The Kier molecular flexibility index (Phi) is 2.57. The summed E-state index contributed by atoms with van der Waals surface area (Å²) in [4.78, 5) is 6.21. The van der Waals surface area contributed by atoms with Gasteiger partial charge in [-0.1, -0.05) is 0 Å². The summed E-state index contributed by atoms with van der Waals surface area (Å²) in [5.41, 5.74) is -1.46. The molecule has 0 amide bonds. The summed E-state index contributed by atoms with van der Waals surface area (Å²) in [5.74, 6) is 0. The molecule has 1 heterocycles. The molecule has 0 saturated heterocycles. The Morgan fingerprint density at radius 2 is 1.33 bits per heavy atom. The highest BCUT2D eigenvalue weighted by molar-refractivity contribution is 5.04. The van der Waals surface area contributed by atoms with Crippen LogP contribution in [0.5, 0.6) is 0 Å². The molecule has 1 rings (SSSR count). The van der Waals surface area contributed by atoms with E-state index in [0.29, 0.717) is 0 Å². The second-order valence-electron chi connectivity index (χ2n) is 1.97. The molecule has 2 nitrogen and oxygen atoms in total. The topological polar surface area (TPSA) is 25.8 Å². The van der Waals surface area contributed by atoms with Crippen molar-refractivity contribution in [2.45, 2.75) is 12.9 Å². The predicted molar refractivity (Wildman–Crippen MR) is 31.9 cm³/mol. The van der Waals surface area contributed by atoms with Crippen molar-refractivity contribution in [3.63, 3.8) is 0 Å². The monoisotopic (exact) mass is 180 g/mol. The molecule has 0 saturated carbocycles. The fraction of sp³-hybridized carbons (Fsp3) is 0.333. The lowest BCUT2D eigenvalue weighted by Gasteiger charge is -2.00. The summed E-state index contributed by atoms with van der Waals surface area (Å²) in [5, 5.41) is 0. The smallest absolute Gasteiger partial charge is 0.260 e. The van der Waals surface area contributed by atoms with E-state index in [1.807, 2.05) is 0 Å². The summed E-state index contributed by atoms with van der Waals surface area (Å²) >= 11 is 0. The average molecular weight is 180 g/mol. The molecule has 6 heteroatoms. The van der Waals surface area contributed by atoms with Crippen LogP contribution in [-0.4, -0.2) is 9.97 Å². The molecule has 66 valence electrons. The fourth-order valence-electron chi connectivity index (χ4n) is 0.607. The summed E-state index contributed by atoms with van der Waals surface area (Å²) in [7, 11) is 0. The van der Waals surface area contributed by atoms with Crippen LogP contribution in [0.15, 0.2) is 12.4 Å². The number of hydrogen-bond donors (Lipinski definition) is 0. The minimum Gasteiger partial charge on any atom is -0.260 e. The van der Waals surface area contributed by atoms with Crippen molar-refractivity contribution in [1.82, 2.24) is 9.97 Å². The zero-order chi connectivity index (χ0) is 9.14. The van der Waals surface area contributed by atoms with Crippen molar-refractivity contribution < 1.29 is 17.6 Å². The lowest BCUT2D eigenvalue weighted by atomic mass is 10.4. The molecule has 0 N–H and O–H groups in total. The van der Waals surface area contributed by atoms with Crippen molar-refractivity contribution in [1.29, 1.82) is 0 Å². The van der Waals surface area contributed by atoms with Crippen LogP contribution in [0.1, 0.15) is 24.2 Å². The number of nitrogens with zero attached hydrogens (tertiary/aromatic N) is 2. The quantitative estimate of drug-likeness (QED) is 0.653. The zero-order valence-electron chi connectivity index (χ0n) is 5.72. The highest BCUT2D eigenvalue weighted by atomic mass is 19.3. The van der Waals surface area contributed by atoms with E-state index in [4.69, 9.17) is 0 Å². The van der Waals surface area contributed by atoms with Gasteiger partial charge in [-0.25, -0.2) is 22.5 Å². The normalized spacial score (nSPS) is 11.2. The summed E-state index contributed by atoms with van der Waals surface area (Å²) in [6, 6.07) is 0. The predicted octanol–water partition coefficient (Wildman–Crippen LogP) is 2.35. The van der Waals surface area contributed by atoms with E-state index in [2.05, 4.69) is 9.97 Å². The van der Waals surface area contributed by atoms with Gasteiger partial charge in [-0.15, -0.1) is 0 Å². The first-order valence-corrected chi connectivity index (χ1v) is 2.99. The Morgan fingerprint density at radius 3 is 1.67 bits per heavy atom. The molecule has 0 spiro atoms. The highest BCUT2D eigenvalue weighted by Crippen LogP contribution is 2.19. The maximum atomic E-state index is 11.9. The molecule has 1 aromatic heterocycles. The van der Waals surface area contributed by atoms with Crippen molar-refractivity contribution in [3.8, 4) is 0 Å². The molecule has 0 aliphatic heterocycles. The number of halogens is 4. The maximum Gasteiger partial charge on any atom is 0.281 e. The first-order chi connectivity index (χ1) is 5.61. The van der Waals surface area contributed by atoms with Crippen LogP contribution in [0.2, 0.25) is 0 Å². The van der Waals surface area contributed by atoms with Crippen molar-refractivity contribution in [3.05, 3.63) is 23.8 Å². The second-order valence-corrected chi connectivity index (χ2v) is 1.97. The molecule has 1 aromatic rings. The third kappa shape index (κ3) is 1.90. The molecule has 0 aliphatic rings. The van der Waals surface area contributed by atoms with Gasteiger partial charge in [0.25, 0.3) is 12.9 Å². The lowest BCUT2D eigenvalue weighted by Crippen LogP contribution is -1.97. The van der Waals surface area contributed by atoms with Gasteiger partial charge in [0.05, 0.1) is 12.4 Å². The largest absolute Gasteiger partial charge is 0.281 e. The number of alkyl halides is 4. The molecular formula is C6H4F4N2. The Bertz CT molecular complexity index is 240. The van der Waals surface area contributed by atoms with Crippen LogP contribution in [-0.2, 0) is 0 Å². The van der Waals surface area contributed by atoms with E-state index in [1.165, 1.54) is 0 Å². The Morgan fingerprint density at radius 1 is 0.917 bits per heavy atom. The van der Waals surface area contributed by atoms with Crippen molar-refractivity contribution >= 4 is 0 Å². The van der Waals surface area contributed by atoms with E-state index in [0.717, 1.165) is 12.4 Å². The van der Waals surface area contributed by atoms with Gasteiger partial charge >= 0.3 is 0 Å². The number of rotatable bonds is 2. The molecule has 0 bridgehead atoms. The minimum atomic E-state index is -2.86. The van der Waals surface area contributed by atoms with Gasteiger partial charge in [0.15, 0.2) is 0 Å². The SMILES string of the molecule is FC(F)c1cncc(C(F)F)n1. The van der Waals surface area contributed by atoms with Gasteiger partial charge in [0.2, 0.25) is 0 Å². The zero-order valence-corrected chi connectivity index (χ0v) is 5.72. The Balaban J connectivity index is 2.96. The standard InChI is InChI=1S/C6H4F4N2/c7-5(8)3-1-11-2-4(12-3)6(9)10/h1-2,5-6H. The van der Waals surface area contributed by atoms with E-state index >= 15 is 0 Å². The summed E-state index contributed by atoms with van der Waals surface area (Å²) in [6.45, 7) is 0. The Hall–Kier alpha value is -1.20. The van der Waals surface area contributed by atoms with Crippen LogP contribution < -0.4 is 0 Å². The highest BCUT2D eigenvalue weighted by Gasteiger charge is 2.14. The third-order valence-electron chi connectivity index (χ3n) is 1.12. The molecule has 0 aromatic carbocycles. The van der Waals surface area contributed by atoms with Gasteiger partial charge in [-0.05, 0) is 0 Å². The molecule has 0 atom stereocenters. The van der Waals surface area contributed by atoms with E-state index in [9.17, 15) is 17.6 Å². The lowest BCUT2D eigenvalue weighted by molar-refractivity contribution is 0.132. The van der Waals surface area contributed by atoms with Crippen molar-refractivity contribution in [2.24, 2.45) is 0 Å². The van der Waals surface area contributed by atoms with Crippen LogP contribution in [0, 0.1) is 0 Å². The Labute approximate surface area is 65.3 Å². The van der Waals surface area contributed by atoms with Crippen LogP contribution >= 0.6 is 0 Å². The van der Waals surface area contributed by atoms with Crippen LogP contribution in [0.4, 0.5) is 17.6 Å². The number of aromatic nitrogens is 2. The third-order valence-corrected chi connectivity index (χ3v) is 1.12. The first-order valence-electron chi connectivity index (χ1n) is 2.99. The average Bonchev–Trinajstić information content (AvgIpc) is 2.04. The second kappa shape index (κ2) is 3.46. The molecule has 0 radical (unpaired) electrons. The van der Waals surface area contributed by atoms with Crippen LogP contribution in [0.25, 0.3) is 0 Å². The summed E-state index contributed by atoms with van der Waals surface area (Å²) in [6.07, 6.45) is -4.21. The summed E-state index contributed by atoms with van der Waals surface area (Å²) < 4.78 is 47.5. The first kappa shape index (κ1) is 8.89. The van der Waals surface area contributed by atoms with Crippen molar-refractivity contribution in [2.75, 3.05) is 0 Å². The van der Waals surface area contributed by atoms with E-state index in [1.54, 1.807) is 0 Å². The fourth-order valence-corrected chi connectivity index (χ4v) is 0.607. The minimum absolute atomic E-state index is 0.729. The molecule has 0 aliphatic carbocycles. The molecular weight excluding hydrogens is 176 g/mol. The maximum absolute atomic E-state index is 11.9. The van der Waals surface area contributed by atoms with E-state index < -0.39 is 24.2 Å². The van der Waals surface area contributed by atoms with E-state index in [-0.39, 0.29) is 0 Å². The van der Waals surface area contributed by atoms with Gasteiger partial charge in [-0.2, -0.15) is 0 Å².